The molecule has 1 aromatic carbocycles. The Labute approximate surface area is 95.2 Å². The first kappa shape index (κ1) is 9.70. The number of nitrogens with one attached hydrogen (secondary N) is 2. The number of benzene rings is 1. The maximum atomic E-state index is 12.1. The maximum absolute atomic E-state index is 12.1. The summed E-state index contributed by atoms with van der Waals surface area (Å²) in [6.45, 7) is 0.734. The summed E-state index contributed by atoms with van der Waals surface area (Å²) in [5.41, 5.74) is 2.25. The minimum atomic E-state index is -0.00296. The molecule has 1 fully saturated rings. The summed E-state index contributed by atoms with van der Waals surface area (Å²) in [5.74, 6) is 0.180. The van der Waals surface area contributed by atoms with Crippen LogP contribution in [-0.4, -0.2) is 18.5 Å². The van der Waals surface area contributed by atoms with Crippen molar-refractivity contribution < 1.29 is 4.79 Å². The molecule has 1 aromatic rings. The molecule has 0 radical (unpaired) electrons. The maximum Gasteiger partial charge on any atom is 0.229 e. The second-order valence-electron chi connectivity index (χ2n) is 4.66. The average molecular weight is 216 g/mol. The van der Waals surface area contributed by atoms with E-state index in [-0.39, 0.29) is 11.8 Å². The lowest BCUT2D eigenvalue weighted by molar-refractivity contribution is -0.123. The Bertz CT molecular complexity index is 412. The number of fused-ring (bicyclic) bond motifs is 1. The van der Waals surface area contributed by atoms with Crippen molar-refractivity contribution in [1.29, 1.82) is 0 Å². The van der Waals surface area contributed by atoms with Crippen LogP contribution in [0.4, 0.5) is 5.69 Å². The van der Waals surface area contributed by atoms with E-state index in [1.807, 2.05) is 24.3 Å². The molecule has 1 atom stereocenters. The highest BCUT2D eigenvalue weighted by Crippen LogP contribution is 2.31. The van der Waals surface area contributed by atoms with Crippen LogP contribution >= 0.6 is 0 Å². The van der Waals surface area contributed by atoms with Gasteiger partial charge in [-0.1, -0.05) is 18.2 Å². The van der Waals surface area contributed by atoms with Gasteiger partial charge in [0.25, 0.3) is 0 Å². The van der Waals surface area contributed by atoms with E-state index in [9.17, 15) is 4.79 Å². The van der Waals surface area contributed by atoms with Crippen molar-refractivity contribution in [3.05, 3.63) is 29.8 Å². The van der Waals surface area contributed by atoms with Crippen LogP contribution in [0.25, 0.3) is 0 Å². The summed E-state index contributed by atoms with van der Waals surface area (Å²) in [7, 11) is 0. The van der Waals surface area contributed by atoms with Crippen molar-refractivity contribution in [1.82, 2.24) is 5.32 Å². The second kappa shape index (κ2) is 3.81. The van der Waals surface area contributed by atoms with Crippen molar-refractivity contribution in [2.75, 3.05) is 11.9 Å². The van der Waals surface area contributed by atoms with Gasteiger partial charge in [0.1, 0.15) is 0 Å². The monoisotopic (exact) mass is 216 g/mol. The summed E-state index contributed by atoms with van der Waals surface area (Å²) >= 11 is 0. The van der Waals surface area contributed by atoms with Crippen LogP contribution in [-0.2, 0) is 4.79 Å². The highest BCUT2D eigenvalue weighted by Gasteiger charge is 2.30. The molecule has 1 aliphatic heterocycles. The van der Waals surface area contributed by atoms with Gasteiger partial charge in [0, 0.05) is 18.3 Å². The summed E-state index contributed by atoms with van der Waals surface area (Å²) in [6.07, 6.45) is 3.55. The number of carbonyl (C=O) groups excluding carboxylic acids is 1. The van der Waals surface area contributed by atoms with Crippen molar-refractivity contribution in [3.63, 3.8) is 0 Å². The van der Waals surface area contributed by atoms with Crippen LogP contribution in [0.5, 0.6) is 0 Å². The van der Waals surface area contributed by atoms with Gasteiger partial charge in [-0.3, -0.25) is 4.79 Å². The van der Waals surface area contributed by atoms with E-state index in [1.165, 1.54) is 6.42 Å². The Balaban J connectivity index is 1.73. The average Bonchev–Trinajstić information content (AvgIpc) is 2.67. The fourth-order valence-corrected chi connectivity index (χ4v) is 2.37. The molecule has 1 saturated carbocycles. The minimum Gasteiger partial charge on any atom is -0.384 e. The molecule has 0 saturated heterocycles. The Morgan fingerprint density at radius 2 is 2.12 bits per heavy atom. The van der Waals surface area contributed by atoms with Gasteiger partial charge in [-0.2, -0.15) is 0 Å². The molecule has 0 spiro atoms. The number of rotatable bonds is 2. The SMILES string of the molecule is O=C(NC1CCC1)C1CNc2ccccc21. The lowest BCUT2D eigenvalue weighted by Gasteiger charge is -2.27. The van der Waals surface area contributed by atoms with Crippen molar-refractivity contribution in [2.45, 2.75) is 31.2 Å². The van der Waals surface area contributed by atoms with Crippen molar-refractivity contribution in [2.24, 2.45) is 0 Å². The highest BCUT2D eigenvalue weighted by molar-refractivity contribution is 5.88. The number of carbonyl (C=O) groups is 1. The first-order valence-corrected chi connectivity index (χ1v) is 5.98. The fraction of sp³-hybridized carbons (Fsp3) is 0.462. The number of hydrogen-bond donors (Lipinski definition) is 2. The molecule has 3 nitrogen and oxygen atoms in total. The Morgan fingerprint density at radius 3 is 2.88 bits per heavy atom. The first-order valence-electron chi connectivity index (χ1n) is 5.98. The topological polar surface area (TPSA) is 41.1 Å². The molecule has 16 heavy (non-hydrogen) atoms. The molecule has 1 heterocycles. The van der Waals surface area contributed by atoms with Crippen LogP contribution in [0.2, 0.25) is 0 Å². The first-order chi connectivity index (χ1) is 7.84. The lowest BCUT2D eigenvalue weighted by atomic mass is 9.92. The van der Waals surface area contributed by atoms with Crippen LogP contribution in [0.3, 0.4) is 0 Å². The molecular formula is C13H16N2O. The smallest absolute Gasteiger partial charge is 0.229 e. The molecule has 2 N–H and O–H groups in total. The quantitative estimate of drug-likeness (QED) is 0.792. The van der Waals surface area contributed by atoms with E-state index in [2.05, 4.69) is 10.6 Å². The van der Waals surface area contributed by atoms with Gasteiger partial charge < -0.3 is 10.6 Å². The predicted molar refractivity (Wildman–Crippen MR) is 63.5 cm³/mol. The van der Waals surface area contributed by atoms with E-state index in [4.69, 9.17) is 0 Å². The Kier molecular flexibility index (Phi) is 2.31. The number of hydrogen-bond acceptors (Lipinski definition) is 2. The van der Waals surface area contributed by atoms with E-state index in [0.717, 1.165) is 30.6 Å². The van der Waals surface area contributed by atoms with Crippen LogP contribution in [0.1, 0.15) is 30.7 Å². The van der Waals surface area contributed by atoms with E-state index < -0.39 is 0 Å². The third-order valence-electron chi connectivity index (χ3n) is 3.60. The van der Waals surface area contributed by atoms with Gasteiger partial charge in [0.05, 0.1) is 5.92 Å². The zero-order valence-corrected chi connectivity index (χ0v) is 9.20. The van der Waals surface area contributed by atoms with Crippen LogP contribution < -0.4 is 10.6 Å². The van der Waals surface area contributed by atoms with Crippen LogP contribution in [0.15, 0.2) is 24.3 Å². The van der Waals surface area contributed by atoms with Gasteiger partial charge in [-0.15, -0.1) is 0 Å². The summed E-state index contributed by atoms with van der Waals surface area (Å²) in [6, 6.07) is 8.50. The van der Waals surface area contributed by atoms with E-state index >= 15 is 0 Å². The van der Waals surface area contributed by atoms with Gasteiger partial charge in [-0.25, -0.2) is 0 Å². The molecule has 3 rings (SSSR count). The molecule has 84 valence electrons. The summed E-state index contributed by atoms with van der Waals surface area (Å²) in [4.78, 5) is 12.1. The van der Waals surface area contributed by atoms with Gasteiger partial charge in [0.2, 0.25) is 5.91 Å². The third kappa shape index (κ3) is 1.56. The lowest BCUT2D eigenvalue weighted by Crippen LogP contribution is -2.42. The van der Waals surface area contributed by atoms with Crippen molar-refractivity contribution >= 4 is 11.6 Å². The van der Waals surface area contributed by atoms with Crippen molar-refractivity contribution in [3.8, 4) is 0 Å². The summed E-state index contributed by atoms with van der Waals surface area (Å²) < 4.78 is 0. The molecule has 3 heteroatoms. The number of amides is 1. The molecule has 1 aliphatic carbocycles. The zero-order chi connectivity index (χ0) is 11.0. The normalized spacial score (nSPS) is 23.1. The molecular weight excluding hydrogens is 200 g/mol. The highest BCUT2D eigenvalue weighted by atomic mass is 16.2. The molecule has 0 bridgehead atoms. The Hall–Kier alpha value is -1.51. The minimum absolute atomic E-state index is 0.00296. The van der Waals surface area contributed by atoms with Crippen LogP contribution in [0, 0.1) is 0 Å². The number of para-hydroxylation sites is 1. The number of anilines is 1. The van der Waals surface area contributed by atoms with E-state index in [1.54, 1.807) is 0 Å². The standard InChI is InChI=1S/C13H16N2O/c16-13(15-9-4-3-5-9)11-8-14-12-7-2-1-6-10(11)12/h1-2,6-7,9,11,14H,3-5,8H2,(H,15,16). The van der Waals surface area contributed by atoms with Gasteiger partial charge >= 0.3 is 0 Å². The molecule has 2 aliphatic rings. The third-order valence-corrected chi connectivity index (χ3v) is 3.60. The zero-order valence-electron chi connectivity index (χ0n) is 9.20. The second-order valence-corrected chi connectivity index (χ2v) is 4.66. The predicted octanol–water partition coefficient (Wildman–Crippen LogP) is 1.86. The largest absolute Gasteiger partial charge is 0.384 e. The fourth-order valence-electron chi connectivity index (χ4n) is 2.37. The molecule has 0 aromatic heterocycles. The Morgan fingerprint density at radius 1 is 1.31 bits per heavy atom. The summed E-state index contributed by atoms with van der Waals surface area (Å²) in [5, 5.41) is 6.40. The van der Waals surface area contributed by atoms with E-state index in [0.29, 0.717) is 6.04 Å². The molecule has 1 amide bonds. The van der Waals surface area contributed by atoms with Gasteiger partial charge in [-0.05, 0) is 30.9 Å². The molecule has 1 unspecified atom stereocenters. The van der Waals surface area contributed by atoms with Gasteiger partial charge in [0.15, 0.2) is 0 Å².